The van der Waals surface area contributed by atoms with E-state index in [1.54, 1.807) is 12.3 Å². The van der Waals surface area contributed by atoms with Crippen LogP contribution >= 0.6 is 0 Å². The number of hydrogen-bond acceptors (Lipinski definition) is 11. The molecule has 0 atom stereocenters. The molecule has 3 N–H and O–H groups in total. The van der Waals surface area contributed by atoms with Gasteiger partial charge in [0.15, 0.2) is 11.6 Å². The van der Waals surface area contributed by atoms with Gasteiger partial charge in [-0.2, -0.15) is 15.1 Å². The maximum absolute atomic E-state index is 5.48. The summed E-state index contributed by atoms with van der Waals surface area (Å²) in [6.07, 6.45) is 5.60. The van der Waals surface area contributed by atoms with Crippen molar-refractivity contribution in [2.45, 2.75) is 25.3 Å². The van der Waals surface area contributed by atoms with Crippen LogP contribution in [0.5, 0.6) is 0 Å². The molecule has 5 heterocycles. The van der Waals surface area contributed by atoms with Crippen molar-refractivity contribution >= 4 is 23.4 Å². The SMILES string of the molecule is CN1CCN(c2cc(Nc3cc(C4CC4)[nH]n3)nc(NCc3cc(-c4ccncn4)no3)n2)CC1. The van der Waals surface area contributed by atoms with Gasteiger partial charge in [0, 0.05) is 62.2 Å². The zero-order valence-electron chi connectivity index (χ0n) is 19.5. The first kappa shape index (κ1) is 21.5. The summed E-state index contributed by atoms with van der Waals surface area (Å²) in [4.78, 5) is 22.2. The second-order valence-corrected chi connectivity index (χ2v) is 8.96. The Morgan fingerprint density at radius 1 is 1.06 bits per heavy atom. The van der Waals surface area contributed by atoms with Crippen LogP contribution in [0.25, 0.3) is 11.4 Å². The van der Waals surface area contributed by atoms with Gasteiger partial charge in [-0.3, -0.25) is 5.10 Å². The molecule has 1 aliphatic carbocycles. The highest BCUT2D eigenvalue weighted by Crippen LogP contribution is 2.39. The van der Waals surface area contributed by atoms with Gasteiger partial charge in [-0.25, -0.2) is 9.97 Å². The van der Waals surface area contributed by atoms with Crippen molar-refractivity contribution in [3.05, 3.63) is 48.2 Å². The van der Waals surface area contributed by atoms with Crippen LogP contribution in [0.4, 0.5) is 23.4 Å². The molecule has 0 amide bonds. The van der Waals surface area contributed by atoms with Gasteiger partial charge in [-0.15, -0.1) is 0 Å². The molecular formula is C23H27N11O. The summed E-state index contributed by atoms with van der Waals surface area (Å²) < 4.78 is 5.48. The lowest BCUT2D eigenvalue weighted by molar-refractivity contribution is 0.312. The molecule has 6 rings (SSSR count). The highest BCUT2D eigenvalue weighted by atomic mass is 16.5. The van der Waals surface area contributed by atoms with E-state index in [2.05, 4.69) is 63.9 Å². The minimum atomic E-state index is 0.387. The van der Waals surface area contributed by atoms with E-state index in [4.69, 9.17) is 9.51 Å². The van der Waals surface area contributed by atoms with Gasteiger partial charge < -0.3 is 25.0 Å². The molecule has 0 bridgehead atoms. The number of nitrogens with zero attached hydrogens (tertiary/aromatic N) is 8. The van der Waals surface area contributed by atoms with Crippen molar-refractivity contribution in [2.24, 2.45) is 0 Å². The van der Waals surface area contributed by atoms with Crippen LogP contribution in [0.3, 0.4) is 0 Å². The molecule has 0 aromatic carbocycles. The lowest BCUT2D eigenvalue weighted by Gasteiger charge is -2.33. The summed E-state index contributed by atoms with van der Waals surface area (Å²) in [7, 11) is 2.14. The fourth-order valence-electron chi connectivity index (χ4n) is 4.04. The van der Waals surface area contributed by atoms with Gasteiger partial charge in [0.2, 0.25) is 5.95 Å². The van der Waals surface area contributed by atoms with Gasteiger partial charge in [0.1, 0.15) is 23.7 Å². The number of rotatable bonds is 8. The Morgan fingerprint density at radius 3 is 2.74 bits per heavy atom. The normalized spacial score (nSPS) is 16.4. The summed E-state index contributed by atoms with van der Waals surface area (Å²) in [6.45, 7) is 4.18. The first-order valence-corrected chi connectivity index (χ1v) is 11.8. The van der Waals surface area contributed by atoms with E-state index >= 15 is 0 Å². The summed E-state index contributed by atoms with van der Waals surface area (Å²) in [5, 5.41) is 18.3. The molecule has 1 saturated carbocycles. The van der Waals surface area contributed by atoms with Crippen LogP contribution < -0.4 is 15.5 Å². The monoisotopic (exact) mass is 473 g/mol. The third kappa shape index (κ3) is 5.06. The van der Waals surface area contributed by atoms with Crippen LogP contribution in [0.15, 0.2) is 41.3 Å². The third-order valence-corrected chi connectivity index (χ3v) is 6.23. The van der Waals surface area contributed by atoms with E-state index in [1.165, 1.54) is 24.9 Å². The van der Waals surface area contributed by atoms with E-state index < -0.39 is 0 Å². The van der Waals surface area contributed by atoms with Crippen LogP contribution in [-0.2, 0) is 6.54 Å². The van der Waals surface area contributed by atoms with E-state index in [-0.39, 0.29) is 0 Å². The van der Waals surface area contributed by atoms with Crippen LogP contribution in [0.1, 0.15) is 30.2 Å². The standard InChI is InChI=1S/C23H27N11O/c1-33-6-8-34(9-7-33)22-12-20(27-21-11-18(30-31-21)15-2-3-15)28-23(29-22)25-13-16-10-19(32-35-16)17-4-5-24-14-26-17/h4-5,10-12,14-15H,2-3,6-9,13H2,1H3,(H3,25,27,28,29,30,31). The highest BCUT2D eigenvalue weighted by molar-refractivity contribution is 5.60. The van der Waals surface area contributed by atoms with E-state index in [9.17, 15) is 0 Å². The van der Waals surface area contributed by atoms with E-state index in [1.807, 2.05) is 12.1 Å². The predicted octanol–water partition coefficient (Wildman–Crippen LogP) is 2.63. The van der Waals surface area contributed by atoms with Gasteiger partial charge in [-0.1, -0.05) is 5.16 Å². The molecular weight excluding hydrogens is 446 g/mol. The second-order valence-electron chi connectivity index (χ2n) is 8.96. The largest absolute Gasteiger partial charge is 0.359 e. The number of hydrogen-bond donors (Lipinski definition) is 3. The Morgan fingerprint density at radius 2 is 1.94 bits per heavy atom. The molecule has 0 radical (unpaired) electrons. The molecule has 0 unspecified atom stereocenters. The molecule has 12 heteroatoms. The summed E-state index contributed by atoms with van der Waals surface area (Å²) in [5.74, 6) is 4.08. The molecule has 1 aliphatic heterocycles. The van der Waals surface area contributed by atoms with Gasteiger partial charge in [-0.05, 0) is 26.0 Å². The smallest absolute Gasteiger partial charge is 0.227 e. The second kappa shape index (κ2) is 9.29. The summed E-state index contributed by atoms with van der Waals surface area (Å²) in [5.41, 5.74) is 2.53. The first-order valence-electron chi connectivity index (χ1n) is 11.8. The number of nitrogens with one attached hydrogen (secondary N) is 3. The Hall–Kier alpha value is -4.06. The quantitative estimate of drug-likeness (QED) is 0.348. The zero-order chi connectivity index (χ0) is 23.6. The molecule has 180 valence electrons. The van der Waals surface area contributed by atoms with Crippen molar-refractivity contribution in [2.75, 3.05) is 48.8 Å². The average Bonchev–Trinajstić information content (AvgIpc) is 3.44. The van der Waals surface area contributed by atoms with Crippen LogP contribution in [0.2, 0.25) is 0 Å². The maximum Gasteiger partial charge on any atom is 0.227 e. The molecule has 2 aliphatic rings. The Balaban J connectivity index is 1.20. The van der Waals surface area contributed by atoms with Crippen LogP contribution in [-0.4, -0.2) is 73.4 Å². The molecule has 35 heavy (non-hydrogen) atoms. The van der Waals surface area contributed by atoms with Crippen molar-refractivity contribution in [3.63, 3.8) is 0 Å². The molecule has 4 aromatic rings. The van der Waals surface area contributed by atoms with Gasteiger partial charge >= 0.3 is 0 Å². The minimum absolute atomic E-state index is 0.387. The van der Waals surface area contributed by atoms with Crippen molar-refractivity contribution in [3.8, 4) is 11.4 Å². The number of H-pyrrole nitrogens is 1. The minimum Gasteiger partial charge on any atom is -0.359 e. The zero-order valence-corrected chi connectivity index (χ0v) is 19.5. The number of anilines is 4. The fraction of sp³-hybridized carbons (Fsp3) is 0.391. The number of likely N-dealkylation sites (N-methyl/N-ethyl adjacent to an activating group) is 1. The average molecular weight is 474 g/mol. The summed E-state index contributed by atoms with van der Waals surface area (Å²) >= 11 is 0. The molecule has 4 aromatic heterocycles. The van der Waals surface area contributed by atoms with Crippen molar-refractivity contribution in [1.29, 1.82) is 0 Å². The number of aromatic amines is 1. The van der Waals surface area contributed by atoms with Crippen molar-refractivity contribution in [1.82, 2.24) is 40.2 Å². The van der Waals surface area contributed by atoms with Crippen molar-refractivity contribution < 1.29 is 4.52 Å². The Kier molecular flexibility index (Phi) is 5.70. The number of aromatic nitrogens is 7. The molecule has 1 saturated heterocycles. The lowest BCUT2D eigenvalue weighted by Crippen LogP contribution is -2.44. The Bertz CT molecular complexity index is 1280. The topological polar surface area (TPSA) is 137 Å². The fourth-order valence-corrected chi connectivity index (χ4v) is 4.04. The predicted molar refractivity (Wildman–Crippen MR) is 130 cm³/mol. The maximum atomic E-state index is 5.48. The molecule has 2 fully saturated rings. The lowest BCUT2D eigenvalue weighted by atomic mass is 10.3. The third-order valence-electron chi connectivity index (χ3n) is 6.23. The Labute approximate surface area is 202 Å². The number of piperazine rings is 1. The summed E-state index contributed by atoms with van der Waals surface area (Å²) in [6, 6.07) is 7.68. The van der Waals surface area contributed by atoms with Gasteiger partial charge in [0.25, 0.3) is 0 Å². The van der Waals surface area contributed by atoms with Gasteiger partial charge in [0.05, 0.1) is 12.2 Å². The molecule has 0 spiro atoms. The van der Waals surface area contributed by atoms with E-state index in [0.717, 1.165) is 37.8 Å². The van der Waals surface area contributed by atoms with E-state index in [0.29, 0.717) is 41.4 Å². The molecule has 12 nitrogen and oxygen atoms in total. The highest BCUT2D eigenvalue weighted by Gasteiger charge is 2.25. The first-order chi connectivity index (χ1) is 17.2. The van der Waals surface area contributed by atoms with Crippen LogP contribution in [0, 0.1) is 0 Å².